The quantitative estimate of drug-likeness (QED) is 0.239. The van der Waals surface area contributed by atoms with Gasteiger partial charge in [0.05, 0.1) is 0 Å². The van der Waals surface area contributed by atoms with Crippen molar-refractivity contribution in [3.63, 3.8) is 0 Å². The molecule has 76 valence electrons. The van der Waals surface area contributed by atoms with Crippen molar-refractivity contribution in [3.05, 3.63) is 23.0 Å². The lowest BCUT2D eigenvalue weighted by Crippen LogP contribution is -2.30. The smallest absolute Gasteiger partial charge is 0.234 e. The van der Waals surface area contributed by atoms with Crippen LogP contribution in [0.15, 0.2) is 23.2 Å². The number of rotatable bonds is 4. The molecular weight excluding hydrogens is 218 g/mol. The number of aromatic amines is 1. The summed E-state index contributed by atoms with van der Waals surface area (Å²) in [6, 6.07) is 3.80. The number of carbonyl (C=O) groups excluding carboxylic acids is 1. The van der Waals surface area contributed by atoms with Crippen LogP contribution in [0.5, 0.6) is 0 Å². The van der Waals surface area contributed by atoms with Crippen molar-refractivity contribution in [2.24, 2.45) is 5.84 Å². The van der Waals surface area contributed by atoms with E-state index >= 15 is 0 Å². The highest BCUT2D eigenvalue weighted by Crippen LogP contribution is 2.18. The van der Waals surface area contributed by atoms with Crippen molar-refractivity contribution in [1.29, 1.82) is 0 Å². The lowest BCUT2D eigenvalue weighted by atomic mass is 10.5. The van der Waals surface area contributed by atoms with Crippen molar-refractivity contribution >= 4 is 29.9 Å². The summed E-state index contributed by atoms with van der Waals surface area (Å²) in [5.41, 5.74) is 2.08. The zero-order chi connectivity index (χ0) is 10.4. The highest BCUT2D eigenvalue weighted by Gasteiger charge is 2.00. The zero-order valence-corrected chi connectivity index (χ0v) is 9.08. The Morgan fingerprint density at radius 3 is 3.14 bits per heavy atom. The van der Waals surface area contributed by atoms with E-state index in [1.54, 1.807) is 6.20 Å². The molecular formula is C8H11N3OS2. The van der Waals surface area contributed by atoms with E-state index in [0.29, 0.717) is 16.8 Å². The number of hydrogen-bond donors (Lipinski definition) is 3. The van der Waals surface area contributed by atoms with E-state index in [2.05, 4.69) is 10.4 Å². The number of amides is 1. The van der Waals surface area contributed by atoms with Crippen molar-refractivity contribution in [2.45, 2.75) is 11.3 Å². The fourth-order valence-electron chi connectivity index (χ4n) is 0.846. The highest BCUT2D eigenvalue weighted by molar-refractivity contribution is 7.99. The number of hydrogen-bond acceptors (Lipinski definition) is 4. The van der Waals surface area contributed by atoms with Crippen LogP contribution in [0.4, 0.5) is 0 Å². The van der Waals surface area contributed by atoms with Crippen molar-refractivity contribution < 1.29 is 4.79 Å². The van der Waals surface area contributed by atoms with Gasteiger partial charge in [-0.15, -0.1) is 11.8 Å². The first-order chi connectivity index (χ1) is 6.74. The number of pyridine rings is 1. The minimum atomic E-state index is -0.164. The molecule has 4 nitrogen and oxygen atoms in total. The summed E-state index contributed by atoms with van der Waals surface area (Å²) in [7, 11) is 0. The number of H-pyrrole nitrogens is 1. The van der Waals surface area contributed by atoms with Crippen LogP contribution in [0.3, 0.4) is 0 Å². The molecule has 0 saturated carbocycles. The summed E-state index contributed by atoms with van der Waals surface area (Å²) in [5.74, 6) is 5.45. The summed E-state index contributed by atoms with van der Waals surface area (Å²) < 4.78 is 0.700. The van der Waals surface area contributed by atoms with E-state index in [-0.39, 0.29) is 5.91 Å². The normalized spacial score (nSPS) is 9.79. The molecule has 0 aromatic carbocycles. The average Bonchev–Trinajstić information content (AvgIpc) is 2.20. The molecule has 0 spiro atoms. The molecule has 0 unspecified atom stereocenters. The van der Waals surface area contributed by atoms with Crippen molar-refractivity contribution in [3.8, 4) is 0 Å². The summed E-state index contributed by atoms with van der Waals surface area (Å²) in [5, 5.41) is 0. The van der Waals surface area contributed by atoms with E-state index < -0.39 is 0 Å². The summed E-state index contributed by atoms with van der Waals surface area (Å²) >= 11 is 6.60. The molecule has 0 aliphatic rings. The van der Waals surface area contributed by atoms with Crippen LogP contribution >= 0.6 is 24.0 Å². The molecule has 0 bridgehead atoms. The second-order valence-corrected chi connectivity index (χ2v) is 4.07. The fraction of sp³-hybridized carbons (Fsp3) is 0.250. The predicted octanol–water partition coefficient (Wildman–Crippen LogP) is 1.22. The summed E-state index contributed by atoms with van der Waals surface area (Å²) in [4.78, 5) is 14.7. The van der Waals surface area contributed by atoms with E-state index in [9.17, 15) is 4.79 Å². The van der Waals surface area contributed by atoms with Crippen LogP contribution in [0, 0.1) is 4.64 Å². The minimum Gasteiger partial charge on any atom is -0.352 e. The van der Waals surface area contributed by atoms with Gasteiger partial charge in [0.1, 0.15) is 4.64 Å². The summed E-state index contributed by atoms with van der Waals surface area (Å²) in [6.07, 6.45) is 2.17. The van der Waals surface area contributed by atoms with E-state index in [0.717, 1.165) is 4.90 Å². The van der Waals surface area contributed by atoms with Gasteiger partial charge in [0.25, 0.3) is 0 Å². The number of aromatic nitrogens is 1. The number of nitrogens with two attached hydrogens (primary N) is 1. The SMILES string of the molecule is NNC(=O)CCSc1ccc[nH]c1=S. The van der Waals surface area contributed by atoms with Gasteiger partial charge < -0.3 is 4.98 Å². The molecule has 1 amide bonds. The van der Waals surface area contributed by atoms with E-state index in [4.69, 9.17) is 18.1 Å². The molecule has 14 heavy (non-hydrogen) atoms. The largest absolute Gasteiger partial charge is 0.352 e. The topological polar surface area (TPSA) is 70.9 Å². The molecule has 0 radical (unpaired) electrons. The minimum absolute atomic E-state index is 0.164. The molecule has 0 aliphatic carbocycles. The van der Waals surface area contributed by atoms with Crippen molar-refractivity contribution in [2.75, 3.05) is 5.75 Å². The number of hydrazine groups is 1. The average molecular weight is 229 g/mol. The first kappa shape index (κ1) is 11.2. The number of carbonyl (C=O) groups is 1. The molecule has 0 aliphatic heterocycles. The molecule has 1 heterocycles. The third-order valence-corrected chi connectivity index (χ3v) is 3.06. The Morgan fingerprint density at radius 1 is 1.71 bits per heavy atom. The molecule has 1 rings (SSSR count). The van der Waals surface area contributed by atoms with Gasteiger partial charge in [0.2, 0.25) is 5.91 Å². The van der Waals surface area contributed by atoms with Gasteiger partial charge >= 0.3 is 0 Å². The third-order valence-electron chi connectivity index (χ3n) is 1.53. The van der Waals surface area contributed by atoms with Gasteiger partial charge in [-0.25, -0.2) is 5.84 Å². The Morgan fingerprint density at radius 2 is 2.50 bits per heavy atom. The first-order valence-electron chi connectivity index (χ1n) is 4.04. The van der Waals surface area contributed by atoms with Gasteiger partial charge in [-0.05, 0) is 12.1 Å². The Labute approximate surface area is 91.2 Å². The predicted molar refractivity (Wildman–Crippen MR) is 59.3 cm³/mol. The zero-order valence-electron chi connectivity index (χ0n) is 7.45. The monoisotopic (exact) mass is 229 g/mol. The Balaban J connectivity index is 2.43. The summed E-state index contributed by atoms with van der Waals surface area (Å²) in [6.45, 7) is 0. The standard InChI is InChI=1S/C8H11N3OS2/c9-11-7(12)3-5-14-6-2-1-4-10-8(6)13/h1-2,4H,3,5,9H2,(H,10,13)(H,11,12). The van der Waals surface area contributed by atoms with Crippen LogP contribution in [-0.4, -0.2) is 16.6 Å². The number of nitrogens with one attached hydrogen (secondary N) is 2. The molecule has 0 fully saturated rings. The maximum Gasteiger partial charge on any atom is 0.234 e. The second-order valence-electron chi connectivity index (χ2n) is 2.53. The second kappa shape index (κ2) is 5.79. The van der Waals surface area contributed by atoms with Gasteiger partial charge in [0.15, 0.2) is 0 Å². The molecule has 6 heteroatoms. The van der Waals surface area contributed by atoms with Crippen LogP contribution in [0.2, 0.25) is 0 Å². The molecule has 1 aromatic rings. The van der Waals surface area contributed by atoms with Crippen LogP contribution in [0.25, 0.3) is 0 Å². The first-order valence-corrected chi connectivity index (χ1v) is 5.43. The van der Waals surface area contributed by atoms with Gasteiger partial charge in [-0.3, -0.25) is 10.2 Å². The van der Waals surface area contributed by atoms with E-state index in [1.165, 1.54) is 11.8 Å². The third kappa shape index (κ3) is 3.49. The Hall–Kier alpha value is -0.850. The Bertz CT molecular complexity index is 364. The maximum absolute atomic E-state index is 10.8. The molecule has 0 atom stereocenters. The van der Waals surface area contributed by atoms with Gasteiger partial charge in [0, 0.05) is 23.3 Å². The van der Waals surface area contributed by atoms with Crippen LogP contribution < -0.4 is 11.3 Å². The highest BCUT2D eigenvalue weighted by atomic mass is 32.2. The Kier molecular flexibility index (Phi) is 4.64. The maximum atomic E-state index is 10.8. The fourth-order valence-corrected chi connectivity index (χ4v) is 2.03. The molecule has 4 N–H and O–H groups in total. The molecule has 0 saturated heterocycles. The van der Waals surface area contributed by atoms with E-state index in [1.807, 2.05) is 12.1 Å². The van der Waals surface area contributed by atoms with Gasteiger partial charge in [-0.2, -0.15) is 0 Å². The van der Waals surface area contributed by atoms with Crippen LogP contribution in [0.1, 0.15) is 6.42 Å². The van der Waals surface area contributed by atoms with Crippen LogP contribution in [-0.2, 0) is 4.79 Å². The number of thioether (sulfide) groups is 1. The lowest BCUT2D eigenvalue weighted by molar-refractivity contribution is -0.120. The van der Waals surface area contributed by atoms with Gasteiger partial charge in [-0.1, -0.05) is 12.2 Å². The van der Waals surface area contributed by atoms with Crippen molar-refractivity contribution in [1.82, 2.24) is 10.4 Å². The molecule has 1 aromatic heterocycles. The lowest BCUT2D eigenvalue weighted by Gasteiger charge is -2.00.